The molecule has 0 saturated heterocycles. The third-order valence-corrected chi connectivity index (χ3v) is 7.75. The predicted octanol–water partition coefficient (Wildman–Crippen LogP) is 6.44. The minimum Gasteiger partial charge on any atom is -0.376 e. The van der Waals surface area contributed by atoms with Crippen LogP contribution in [0.3, 0.4) is 0 Å². The van der Waals surface area contributed by atoms with Crippen LogP contribution < -0.4 is 0 Å². The van der Waals surface area contributed by atoms with Crippen molar-refractivity contribution in [2.24, 2.45) is 0 Å². The van der Waals surface area contributed by atoms with Gasteiger partial charge in [0.1, 0.15) is 11.2 Å². The van der Waals surface area contributed by atoms with Gasteiger partial charge in [-0.3, -0.25) is 9.59 Å². The molecule has 5 aromatic carbocycles. The minimum absolute atomic E-state index is 0.0926. The number of carbonyl (C=O) groups excluding carboxylic acids is 2. The van der Waals surface area contributed by atoms with Gasteiger partial charge in [0.15, 0.2) is 0 Å². The molecule has 0 bridgehead atoms. The zero-order valence-electron chi connectivity index (χ0n) is 27.5. The summed E-state index contributed by atoms with van der Waals surface area (Å²) in [4.78, 5) is 23.2. The van der Waals surface area contributed by atoms with Gasteiger partial charge in [-0.1, -0.05) is 146 Å². The predicted molar refractivity (Wildman–Crippen MR) is 185 cm³/mol. The molecule has 2 N–H and O–H groups in total. The van der Waals surface area contributed by atoms with Gasteiger partial charge in [-0.15, -0.1) is 0 Å². The molecule has 0 aromatic heterocycles. The van der Waals surface area contributed by atoms with Crippen LogP contribution in [-0.2, 0) is 20.8 Å². The van der Waals surface area contributed by atoms with Gasteiger partial charge in [-0.25, -0.2) is 0 Å². The molecule has 238 valence electrons. The summed E-state index contributed by atoms with van der Waals surface area (Å²) in [7, 11) is 6.90. The van der Waals surface area contributed by atoms with E-state index in [-0.39, 0.29) is 11.8 Å². The maximum atomic E-state index is 12.1. The average Bonchev–Trinajstić information content (AvgIpc) is 3.09. The highest BCUT2D eigenvalue weighted by Gasteiger charge is 2.36. The molecule has 0 unspecified atom stereocenters. The van der Waals surface area contributed by atoms with Crippen LogP contribution in [0, 0.1) is 0 Å². The smallest absolute Gasteiger partial charge is 0.218 e. The largest absolute Gasteiger partial charge is 0.376 e. The fourth-order valence-corrected chi connectivity index (χ4v) is 4.67. The average molecular weight is 617 g/mol. The molecule has 6 heteroatoms. The number of rotatable bonds is 6. The first-order valence-electron chi connectivity index (χ1n) is 15.1. The molecule has 6 nitrogen and oxygen atoms in total. The molecule has 0 fully saturated rings. The van der Waals surface area contributed by atoms with Crippen LogP contribution in [-0.4, -0.2) is 60.0 Å². The Labute approximate surface area is 273 Å². The molecule has 0 heterocycles. The lowest BCUT2D eigenvalue weighted by Crippen LogP contribution is -2.31. The molecule has 0 radical (unpaired) electrons. The number of benzene rings is 5. The quantitative estimate of drug-likeness (QED) is 0.215. The highest BCUT2D eigenvalue weighted by Crippen LogP contribution is 2.40. The molecule has 5 rings (SSSR count). The van der Waals surface area contributed by atoms with Crippen LogP contribution in [0.2, 0.25) is 0 Å². The lowest BCUT2D eigenvalue weighted by molar-refractivity contribution is -0.127. The van der Waals surface area contributed by atoms with Crippen LogP contribution in [0.5, 0.6) is 0 Å². The second-order valence-corrected chi connectivity index (χ2v) is 11.3. The summed E-state index contributed by atoms with van der Waals surface area (Å²) in [5.41, 5.74) is 1.97. The summed E-state index contributed by atoms with van der Waals surface area (Å²) in [5.74, 6) is 0.185. The van der Waals surface area contributed by atoms with E-state index in [1.807, 2.05) is 146 Å². The van der Waals surface area contributed by atoms with E-state index >= 15 is 0 Å². The Kier molecular flexibility index (Phi) is 12.6. The van der Waals surface area contributed by atoms with Crippen molar-refractivity contribution in [2.75, 3.05) is 28.2 Å². The SMILES string of the molecule is CC(=O)N(C)C.CC(=O)N(C)C.OC(c1ccccc1)(c1ccccc1)c1ccc(C(O)(c2ccccc2)c2ccccc2)cc1. The van der Waals surface area contributed by atoms with Gasteiger partial charge >= 0.3 is 0 Å². The summed E-state index contributed by atoms with van der Waals surface area (Å²) in [6.45, 7) is 3.06. The van der Waals surface area contributed by atoms with Gasteiger partial charge in [0.05, 0.1) is 0 Å². The monoisotopic (exact) mass is 616 g/mol. The Balaban J connectivity index is 0.000000410. The van der Waals surface area contributed by atoms with Crippen molar-refractivity contribution >= 4 is 11.8 Å². The van der Waals surface area contributed by atoms with Gasteiger partial charge < -0.3 is 20.0 Å². The van der Waals surface area contributed by atoms with E-state index in [0.717, 1.165) is 33.4 Å². The summed E-state index contributed by atoms with van der Waals surface area (Å²) in [6.07, 6.45) is 0. The van der Waals surface area contributed by atoms with Crippen LogP contribution in [0.1, 0.15) is 47.2 Å². The lowest BCUT2D eigenvalue weighted by atomic mass is 9.77. The van der Waals surface area contributed by atoms with E-state index in [9.17, 15) is 19.8 Å². The molecule has 5 aromatic rings. The second kappa shape index (κ2) is 16.3. The van der Waals surface area contributed by atoms with Crippen LogP contribution >= 0.6 is 0 Å². The molecular weight excluding hydrogens is 572 g/mol. The van der Waals surface area contributed by atoms with Crippen molar-refractivity contribution in [1.82, 2.24) is 9.80 Å². The van der Waals surface area contributed by atoms with Crippen molar-refractivity contribution in [1.29, 1.82) is 0 Å². The van der Waals surface area contributed by atoms with Gasteiger partial charge in [0, 0.05) is 42.0 Å². The molecule has 0 aliphatic carbocycles. The Morgan fingerprint density at radius 2 is 0.543 bits per heavy atom. The van der Waals surface area contributed by atoms with Gasteiger partial charge in [0.2, 0.25) is 11.8 Å². The number of hydrogen-bond donors (Lipinski definition) is 2. The summed E-state index contributed by atoms with van der Waals surface area (Å²) in [5, 5.41) is 24.2. The van der Waals surface area contributed by atoms with E-state index in [2.05, 4.69) is 0 Å². The summed E-state index contributed by atoms with van der Waals surface area (Å²) in [6, 6.07) is 46.3. The first-order chi connectivity index (χ1) is 21.9. The highest BCUT2D eigenvalue weighted by molar-refractivity contribution is 5.72. The Morgan fingerprint density at radius 3 is 0.696 bits per heavy atom. The van der Waals surface area contributed by atoms with Crippen LogP contribution in [0.4, 0.5) is 0 Å². The Hall–Kier alpha value is -5.04. The lowest BCUT2D eigenvalue weighted by Gasteiger charge is -2.33. The van der Waals surface area contributed by atoms with Crippen molar-refractivity contribution in [3.63, 3.8) is 0 Å². The molecule has 0 aliphatic rings. The molecule has 46 heavy (non-hydrogen) atoms. The minimum atomic E-state index is -1.32. The zero-order valence-corrected chi connectivity index (χ0v) is 27.5. The van der Waals surface area contributed by atoms with Crippen molar-refractivity contribution in [3.05, 3.63) is 179 Å². The molecule has 0 aliphatic heterocycles. The fourth-order valence-electron chi connectivity index (χ4n) is 4.67. The Bertz CT molecular complexity index is 1430. The standard InChI is InChI=1S/C32H26O2.2C4H9NO/c33-31(25-13-5-1-6-14-25,26-15-7-2-8-16-26)29-21-23-30(24-22-29)32(34,27-17-9-3-10-18-27)28-19-11-4-12-20-28;2*1-4(6)5(2)3/h1-24,33-34H;2*1-3H3. The highest BCUT2D eigenvalue weighted by atomic mass is 16.3. The zero-order chi connectivity index (χ0) is 33.7. The first-order valence-corrected chi connectivity index (χ1v) is 15.1. The summed E-state index contributed by atoms with van der Waals surface area (Å²) < 4.78 is 0. The van der Waals surface area contributed by atoms with Gasteiger partial charge in [0.25, 0.3) is 0 Å². The van der Waals surface area contributed by atoms with E-state index < -0.39 is 11.2 Å². The normalized spacial score (nSPS) is 10.8. The maximum absolute atomic E-state index is 12.1. The number of carbonyl (C=O) groups is 2. The Morgan fingerprint density at radius 1 is 0.391 bits per heavy atom. The number of nitrogens with zero attached hydrogens (tertiary/aromatic N) is 2. The molecule has 2 amide bonds. The first kappa shape index (κ1) is 35.4. The molecule has 0 atom stereocenters. The molecular formula is C40H44N2O4. The van der Waals surface area contributed by atoms with Crippen LogP contribution in [0.25, 0.3) is 0 Å². The maximum Gasteiger partial charge on any atom is 0.218 e. The third kappa shape index (κ3) is 8.57. The van der Waals surface area contributed by atoms with E-state index in [1.165, 1.54) is 23.6 Å². The molecule has 0 spiro atoms. The van der Waals surface area contributed by atoms with Crippen molar-refractivity contribution in [2.45, 2.75) is 25.0 Å². The number of hydrogen-bond acceptors (Lipinski definition) is 4. The number of amides is 2. The van der Waals surface area contributed by atoms with E-state index in [0.29, 0.717) is 0 Å². The topological polar surface area (TPSA) is 81.1 Å². The third-order valence-electron chi connectivity index (χ3n) is 7.75. The van der Waals surface area contributed by atoms with E-state index in [1.54, 1.807) is 28.2 Å². The van der Waals surface area contributed by atoms with Crippen molar-refractivity contribution in [3.8, 4) is 0 Å². The van der Waals surface area contributed by atoms with E-state index in [4.69, 9.17) is 0 Å². The van der Waals surface area contributed by atoms with Crippen LogP contribution in [0.15, 0.2) is 146 Å². The van der Waals surface area contributed by atoms with Gasteiger partial charge in [-0.05, 0) is 33.4 Å². The van der Waals surface area contributed by atoms with Crippen molar-refractivity contribution < 1.29 is 19.8 Å². The van der Waals surface area contributed by atoms with Gasteiger partial charge in [-0.2, -0.15) is 0 Å². The second-order valence-electron chi connectivity index (χ2n) is 11.3. The molecule has 0 saturated carbocycles. The summed E-state index contributed by atoms with van der Waals surface area (Å²) >= 11 is 0. The fraction of sp³-hybridized carbons (Fsp3) is 0.200. The number of aliphatic hydroxyl groups is 2.